The summed E-state index contributed by atoms with van der Waals surface area (Å²) in [6.45, 7) is 9.97. The number of hydrogen-bond donors (Lipinski definition) is 2. The molecule has 0 radical (unpaired) electrons. The van der Waals surface area contributed by atoms with Crippen LogP contribution in [0.2, 0.25) is 0 Å². The number of phenols is 2. The van der Waals surface area contributed by atoms with Crippen LogP contribution in [0.25, 0.3) is 0 Å². The van der Waals surface area contributed by atoms with Gasteiger partial charge in [0.05, 0.1) is 0 Å². The zero-order chi connectivity index (χ0) is 19.6. The molecular formula is C22H34N2O3. The maximum Gasteiger partial charge on any atom is 0.222 e. The van der Waals surface area contributed by atoms with E-state index in [0.29, 0.717) is 24.8 Å². The van der Waals surface area contributed by atoms with Crippen molar-refractivity contribution in [3.8, 4) is 11.5 Å². The maximum absolute atomic E-state index is 12.5. The molecule has 3 rings (SSSR count). The van der Waals surface area contributed by atoms with Crippen LogP contribution >= 0.6 is 0 Å². The molecule has 2 aliphatic rings. The van der Waals surface area contributed by atoms with Gasteiger partial charge in [0.15, 0.2) is 11.5 Å². The van der Waals surface area contributed by atoms with Crippen molar-refractivity contribution in [3.63, 3.8) is 0 Å². The Balaban J connectivity index is 1.57. The fourth-order valence-electron chi connectivity index (χ4n) is 4.22. The van der Waals surface area contributed by atoms with Gasteiger partial charge in [-0.2, -0.15) is 0 Å². The van der Waals surface area contributed by atoms with Gasteiger partial charge in [-0.15, -0.1) is 0 Å². The first-order chi connectivity index (χ1) is 12.7. The summed E-state index contributed by atoms with van der Waals surface area (Å²) in [5.74, 6) is 0.818. The molecule has 1 aromatic carbocycles. The number of amides is 1. The average molecular weight is 375 g/mol. The lowest BCUT2D eigenvalue weighted by Gasteiger charge is -2.35. The third-order valence-corrected chi connectivity index (χ3v) is 6.09. The summed E-state index contributed by atoms with van der Waals surface area (Å²) < 4.78 is 0. The second-order valence-electron chi connectivity index (χ2n) is 9.26. The summed E-state index contributed by atoms with van der Waals surface area (Å²) in [7, 11) is 0. The van der Waals surface area contributed by atoms with Crippen molar-refractivity contribution in [1.29, 1.82) is 0 Å². The molecule has 5 heteroatoms. The van der Waals surface area contributed by atoms with Crippen LogP contribution in [0.15, 0.2) is 12.1 Å². The van der Waals surface area contributed by atoms with Crippen LogP contribution in [0.1, 0.15) is 64.0 Å². The molecule has 1 saturated heterocycles. The highest BCUT2D eigenvalue weighted by molar-refractivity contribution is 5.76. The lowest BCUT2D eigenvalue weighted by Crippen LogP contribution is -2.48. The van der Waals surface area contributed by atoms with E-state index in [-0.39, 0.29) is 16.9 Å². The van der Waals surface area contributed by atoms with E-state index < -0.39 is 0 Å². The Bertz CT molecular complexity index is 667. The number of hydrogen-bond acceptors (Lipinski definition) is 4. The van der Waals surface area contributed by atoms with E-state index in [1.54, 1.807) is 6.07 Å². The van der Waals surface area contributed by atoms with Gasteiger partial charge < -0.3 is 15.1 Å². The predicted molar refractivity (Wildman–Crippen MR) is 107 cm³/mol. The number of carbonyl (C=O) groups is 1. The molecule has 0 aromatic heterocycles. The summed E-state index contributed by atoms with van der Waals surface area (Å²) in [6, 6.07) is 3.64. The number of rotatable bonds is 4. The largest absolute Gasteiger partial charge is 0.504 e. The second kappa shape index (κ2) is 8.09. The first-order valence-electron chi connectivity index (χ1n) is 10.3. The van der Waals surface area contributed by atoms with E-state index in [9.17, 15) is 15.0 Å². The highest BCUT2D eigenvalue weighted by Crippen LogP contribution is 2.36. The van der Waals surface area contributed by atoms with Gasteiger partial charge in [-0.25, -0.2) is 0 Å². The molecule has 150 valence electrons. The topological polar surface area (TPSA) is 64.0 Å². The minimum Gasteiger partial charge on any atom is -0.504 e. The average Bonchev–Trinajstić information content (AvgIpc) is 3.11. The fourth-order valence-corrected chi connectivity index (χ4v) is 4.22. The van der Waals surface area contributed by atoms with Crippen molar-refractivity contribution >= 4 is 5.91 Å². The van der Waals surface area contributed by atoms with Gasteiger partial charge in [-0.3, -0.25) is 9.69 Å². The van der Waals surface area contributed by atoms with Crippen molar-refractivity contribution < 1.29 is 15.0 Å². The van der Waals surface area contributed by atoms with E-state index >= 15 is 0 Å². The Kier molecular flexibility index (Phi) is 5.99. The predicted octanol–water partition coefficient (Wildman–Crippen LogP) is 3.62. The van der Waals surface area contributed by atoms with E-state index in [4.69, 9.17) is 0 Å². The molecule has 1 saturated carbocycles. The monoisotopic (exact) mass is 374 g/mol. The molecule has 1 aromatic rings. The molecule has 27 heavy (non-hydrogen) atoms. The SMILES string of the molecule is CC(C)(C)c1cc(O)c(O)c(CN2CCN(C(=O)CC3CCCC3)CC2)c1. The molecule has 1 aliphatic heterocycles. The van der Waals surface area contributed by atoms with Crippen molar-refractivity contribution in [3.05, 3.63) is 23.3 Å². The van der Waals surface area contributed by atoms with Crippen LogP contribution in [0.3, 0.4) is 0 Å². The number of aromatic hydroxyl groups is 2. The molecule has 0 unspecified atom stereocenters. The Morgan fingerprint density at radius 1 is 1.07 bits per heavy atom. The third kappa shape index (κ3) is 4.95. The van der Waals surface area contributed by atoms with Gasteiger partial charge in [-0.05, 0) is 35.8 Å². The second-order valence-corrected chi connectivity index (χ2v) is 9.26. The van der Waals surface area contributed by atoms with Crippen LogP contribution < -0.4 is 0 Å². The third-order valence-electron chi connectivity index (χ3n) is 6.09. The zero-order valence-corrected chi connectivity index (χ0v) is 17.0. The van der Waals surface area contributed by atoms with Gasteiger partial charge in [0.25, 0.3) is 0 Å². The summed E-state index contributed by atoms with van der Waals surface area (Å²) in [5.41, 5.74) is 1.68. The molecule has 1 amide bonds. The summed E-state index contributed by atoms with van der Waals surface area (Å²) in [4.78, 5) is 16.8. The van der Waals surface area contributed by atoms with Gasteiger partial charge in [0.2, 0.25) is 5.91 Å². The smallest absolute Gasteiger partial charge is 0.222 e. The number of piperazine rings is 1. The molecule has 5 nitrogen and oxygen atoms in total. The van der Waals surface area contributed by atoms with Gasteiger partial charge in [-0.1, -0.05) is 39.7 Å². The summed E-state index contributed by atoms with van der Waals surface area (Å²) >= 11 is 0. The van der Waals surface area contributed by atoms with E-state index in [0.717, 1.165) is 37.3 Å². The standard InChI is InChI=1S/C22H34N2O3/c1-22(2,3)18-13-17(21(27)19(25)14-18)15-23-8-10-24(11-9-23)20(26)12-16-6-4-5-7-16/h13-14,16,25,27H,4-12,15H2,1-3H3. The van der Waals surface area contributed by atoms with Crippen LogP contribution in [-0.2, 0) is 16.8 Å². The minimum absolute atomic E-state index is 0.0252. The first kappa shape index (κ1) is 20.0. The quantitative estimate of drug-likeness (QED) is 0.790. The Morgan fingerprint density at radius 2 is 1.70 bits per heavy atom. The lowest BCUT2D eigenvalue weighted by atomic mass is 9.85. The molecular weight excluding hydrogens is 340 g/mol. The van der Waals surface area contributed by atoms with Crippen molar-refractivity contribution in [2.75, 3.05) is 26.2 Å². The fraction of sp³-hybridized carbons (Fsp3) is 0.682. The molecule has 0 spiro atoms. The van der Waals surface area contributed by atoms with Crippen molar-refractivity contribution in [2.24, 2.45) is 5.92 Å². The number of benzene rings is 1. The molecule has 0 bridgehead atoms. The molecule has 2 fully saturated rings. The highest BCUT2D eigenvalue weighted by atomic mass is 16.3. The van der Waals surface area contributed by atoms with Gasteiger partial charge in [0, 0.05) is 44.7 Å². The Morgan fingerprint density at radius 3 is 2.30 bits per heavy atom. The molecule has 1 heterocycles. The lowest BCUT2D eigenvalue weighted by molar-refractivity contribution is -0.134. The molecule has 1 aliphatic carbocycles. The Hall–Kier alpha value is -1.75. The number of phenolic OH excluding ortho intramolecular Hbond substituents is 2. The molecule has 0 atom stereocenters. The van der Waals surface area contributed by atoms with E-state index in [1.807, 2.05) is 11.0 Å². The zero-order valence-electron chi connectivity index (χ0n) is 17.0. The maximum atomic E-state index is 12.5. The van der Waals surface area contributed by atoms with Crippen molar-refractivity contribution in [2.45, 2.75) is 64.8 Å². The van der Waals surface area contributed by atoms with Gasteiger partial charge >= 0.3 is 0 Å². The van der Waals surface area contributed by atoms with E-state index in [1.165, 1.54) is 25.7 Å². The highest BCUT2D eigenvalue weighted by Gasteiger charge is 2.26. The van der Waals surface area contributed by atoms with Crippen LogP contribution in [0.5, 0.6) is 11.5 Å². The normalized spacial score (nSPS) is 19.6. The number of nitrogens with zero attached hydrogens (tertiary/aromatic N) is 2. The van der Waals surface area contributed by atoms with Crippen molar-refractivity contribution in [1.82, 2.24) is 9.80 Å². The van der Waals surface area contributed by atoms with Crippen LogP contribution in [0, 0.1) is 5.92 Å². The number of carbonyl (C=O) groups excluding carboxylic acids is 1. The Labute approximate surface area is 163 Å². The van der Waals surface area contributed by atoms with Crippen LogP contribution in [-0.4, -0.2) is 52.1 Å². The van der Waals surface area contributed by atoms with E-state index in [2.05, 4.69) is 25.7 Å². The minimum atomic E-state index is -0.0920. The van der Waals surface area contributed by atoms with Crippen LogP contribution in [0.4, 0.5) is 0 Å². The summed E-state index contributed by atoms with van der Waals surface area (Å²) in [5, 5.41) is 20.4. The first-order valence-corrected chi connectivity index (χ1v) is 10.3. The molecule has 2 N–H and O–H groups in total. The summed E-state index contributed by atoms with van der Waals surface area (Å²) in [6.07, 6.45) is 5.67. The van der Waals surface area contributed by atoms with Gasteiger partial charge in [0.1, 0.15) is 0 Å².